The van der Waals surface area contributed by atoms with Gasteiger partial charge in [0.1, 0.15) is 23.5 Å². The third-order valence-corrected chi connectivity index (χ3v) is 6.71. The lowest BCUT2D eigenvalue weighted by molar-refractivity contribution is -0.131. The fraction of sp³-hybridized carbons (Fsp3) is 0.250. The average molecular weight is 535 g/mol. The van der Waals surface area contributed by atoms with Crippen LogP contribution in [0.5, 0.6) is 6.01 Å². The maximum absolute atomic E-state index is 15.5. The quantitative estimate of drug-likeness (QED) is 0.292. The minimum absolute atomic E-state index is 0.0153. The van der Waals surface area contributed by atoms with Gasteiger partial charge in [-0.1, -0.05) is 53.7 Å². The zero-order valence-corrected chi connectivity index (χ0v) is 20.8. The number of benzene rings is 3. The molecular formula is C28H24F2N4O5. The van der Waals surface area contributed by atoms with Gasteiger partial charge in [0, 0.05) is 25.0 Å². The maximum Gasteiger partial charge on any atom is 0.295 e. The summed E-state index contributed by atoms with van der Waals surface area (Å²) in [5.74, 6) is -0.576. The lowest BCUT2D eigenvalue weighted by Gasteiger charge is -2.31. The molecule has 0 radical (unpaired) electrons. The third kappa shape index (κ3) is 4.87. The van der Waals surface area contributed by atoms with Crippen molar-refractivity contribution < 1.29 is 33.0 Å². The highest BCUT2D eigenvalue weighted by atomic mass is 19.1. The summed E-state index contributed by atoms with van der Waals surface area (Å²) in [6.45, 7) is 1.54. The van der Waals surface area contributed by atoms with E-state index >= 15 is 8.78 Å². The number of fused-ring (bicyclic) bond motifs is 1. The van der Waals surface area contributed by atoms with Gasteiger partial charge in [-0.05, 0) is 16.7 Å². The maximum atomic E-state index is 15.5. The number of nitrogens with zero attached hydrogens (tertiary/aromatic N) is 3. The van der Waals surface area contributed by atoms with Crippen molar-refractivity contribution in [2.45, 2.75) is 31.7 Å². The number of aromatic amines is 1. The summed E-state index contributed by atoms with van der Waals surface area (Å²) in [5.41, 5.74) is 2.83. The SMILES string of the molecule is Cc1nc(-c2ccc(-c3ccc(-c4c(F)cc5[nH]c(O[C@H]6CO[C@H](CO)[C@@H](O)C6)nc5c4F)cc3)cc2)no1. The Morgan fingerprint density at radius 3 is 2.28 bits per heavy atom. The van der Waals surface area contributed by atoms with E-state index < -0.39 is 29.9 Å². The van der Waals surface area contributed by atoms with Crippen LogP contribution in [-0.2, 0) is 4.74 Å². The molecule has 0 amide bonds. The molecule has 3 heterocycles. The first-order valence-corrected chi connectivity index (χ1v) is 12.4. The molecule has 1 fully saturated rings. The monoisotopic (exact) mass is 534 g/mol. The largest absolute Gasteiger partial charge is 0.459 e. The highest BCUT2D eigenvalue weighted by Crippen LogP contribution is 2.34. The van der Waals surface area contributed by atoms with Crippen LogP contribution in [0.4, 0.5) is 8.78 Å². The summed E-state index contributed by atoms with van der Waals surface area (Å²) in [6.07, 6.45) is -1.94. The normalized spacial score (nSPS) is 19.5. The van der Waals surface area contributed by atoms with Gasteiger partial charge in [0.15, 0.2) is 5.82 Å². The fourth-order valence-corrected chi connectivity index (χ4v) is 4.68. The summed E-state index contributed by atoms with van der Waals surface area (Å²) in [7, 11) is 0. The molecular weight excluding hydrogens is 510 g/mol. The van der Waals surface area contributed by atoms with E-state index in [2.05, 4.69) is 20.1 Å². The Labute approximate surface area is 221 Å². The van der Waals surface area contributed by atoms with Crippen LogP contribution in [0.1, 0.15) is 12.3 Å². The topological polar surface area (TPSA) is 127 Å². The molecule has 1 aliphatic rings. The van der Waals surface area contributed by atoms with E-state index in [-0.39, 0.29) is 42.2 Å². The molecule has 1 saturated heterocycles. The number of H-pyrrole nitrogens is 1. The fourth-order valence-electron chi connectivity index (χ4n) is 4.68. The number of aromatic nitrogens is 4. The number of aliphatic hydroxyl groups excluding tert-OH is 2. The molecule has 3 N–H and O–H groups in total. The van der Waals surface area contributed by atoms with E-state index in [1.165, 1.54) is 6.07 Å². The van der Waals surface area contributed by atoms with Crippen molar-refractivity contribution in [2.24, 2.45) is 0 Å². The first-order chi connectivity index (χ1) is 18.9. The molecule has 1 aliphatic heterocycles. The minimum atomic E-state index is -0.908. The molecule has 0 unspecified atom stereocenters. The van der Waals surface area contributed by atoms with Crippen LogP contribution in [0.25, 0.3) is 44.7 Å². The Morgan fingerprint density at radius 1 is 1.00 bits per heavy atom. The Balaban J connectivity index is 1.23. The molecule has 0 aliphatic carbocycles. The van der Waals surface area contributed by atoms with Crippen LogP contribution >= 0.6 is 0 Å². The minimum Gasteiger partial charge on any atom is -0.459 e. The Morgan fingerprint density at radius 2 is 1.67 bits per heavy atom. The smallest absolute Gasteiger partial charge is 0.295 e. The summed E-state index contributed by atoms with van der Waals surface area (Å²) >= 11 is 0. The Kier molecular flexibility index (Phi) is 6.55. The number of rotatable bonds is 6. The first kappa shape index (κ1) is 25.1. The molecule has 0 saturated carbocycles. The van der Waals surface area contributed by atoms with E-state index in [0.717, 1.165) is 16.7 Å². The van der Waals surface area contributed by atoms with E-state index in [1.54, 1.807) is 31.2 Å². The molecule has 200 valence electrons. The van der Waals surface area contributed by atoms with Gasteiger partial charge in [-0.25, -0.2) is 8.78 Å². The number of hydrogen-bond acceptors (Lipinski definition) is 8. The Hall–Kier alpha value is -4.19. The van der Waals surface area contributed by atoms with Crippen LogP contribution in [0.2, 0.25) is 0 Å². The van der Waals surface area contributed by atoms with Gasteiger partial charge in [0.2, 0.25) is 11.7 Å². The number of hydrogen-bond donors (Lipinski definition) is 3. The molecule has 3 atom stereocenters. The second-order valence-corrected chi connectivity index (χ2v) is 9.37. The molecule has 2 aromatic heterocycles. The number of imidazole rings is 1. The van der Waals surface area contributed by atoms with Gasteiger partial charge in [0.05, 0.1) is 30.4 Å². The number of nitrogens with one attached hydrogen (secondary N) is 1. The predicted molar refractivity (Wildman–Crippen MR) is 137 cm³/mol. The standard InChI is InChI=1S/C28H24F2N4O5/c1-14-31-27(34-39-14)18-8-4-16(5-9-18)15-2-6-17(7-3-15)24-20(29)11-21-26(25(24)30)33-28(32-21)38-19-10-22(36)23(12-35)37-13-19/h2-9,11,19,22-23,35-36H,10,12-13H2,1H3,(H,32,33)/t19-,22+,23-/m1/s1. The summed E-state index contributed by atoms with van der Waals surface area (Å²) in [5, 5.41) is 23.2. The third-order valence-electron chi connectivity index (χ3n) is 6.71. The number of aryl methyl sites for hydroxylation is 1. The molecule has 11 heteroatoms. The number of halogens is 2. The lowest BCUT2D eigenvalue weighted by atomic mass is 9.98. The van der Waals surface area contributed by atoms with E-state index in [1.807, 2.05) is 24.3 Å². The van der Waals surface area contributed by atoms with Crippen molar-refractivity contribution in [1.29, 1.82) is 0 Å². The highest BCUT2D eigenvalue weighted by molar-refractivity contribution is 5.84. The van der Waals surface area contributed by atoms with Crippen molar-refractivity contribution in [1.82, 2.24) is 20.1 Å². The van der Waals surface area contributed by atoms with Gasteiger partial charge in [-0.3, -0.25) is 0 Å². The van der Waals surface area contributed by atoms with Gasteiger partial charge in [-0.2, -0.15) is 9.97 Å². The van der Waals surface area contributed by atoms with E-state index in [9.17, 15) is 10.2 Å². The van der Waals surface area contributed by atoms with Crippen LogP contribution in [0.3, 0.4) is 0 Å². The first-order valence-electron chi connectivity index (χ1n) is 12.4. The molecule has 39 heavy (non-hydrogen) atoms. The highest BCUT2D eigenvalue weighted by Gasteiger charge is 2.31. The summed E-state index contributed by atoms with van der Waals surface area (Å²) in [6, 6.07) is 15.6. The van der Waals surface area contributed by atoms with Crippen LogP contribution in [0.15, 0.2) is 59.1 Å². The molecule has 0 spiro atoms. The lowest BCUT2D eigenvalue weighted by Crippen LogP contribution is -2.45. The van der Waals surface area contributed by atoms with Gasteiger partial charge < -0.3 is 29.2 Å². The van der Waals surface area contributed by atoms with Crippen molar-refractivity contribution >= 4 is 11.0 Å². The molecule has 5 aromatic rings. The van der Waals surface area contributed by atoms with Gasteiger partial charge in [0.25, 0.3) is 6.01 Å². The van der Waals surface area contributed by atoms with Crippen LogP contribution in [-0.4, -0.2) is 61.8 Å². The molecule has 3 aromatic carbocycles. The van der Waals surface area contributed by atoms with E-state index in [4.69, 9.17) is 14.0 Å². The van der Waals surface area contributed by atoms with Crippen molar-refractivity contribution in [3.8, 4) is 39.7 Å². The zero-order valence-electron chi connectivity index (χ0n) is 20.8. The second-order valence-electron chi connectivity index (χ2n) is 9.37. The van der Waals surface area contributed by atoms with Crippen LogP contribution < -0.4 is 4.74 Å². The molecule has 9 nitrogen and oxygen atoms in total. The zero-order chi connectivity index (χ0) is 27.1. The predicted octanol–water partition coefficient (Wildman–Crippen LogP) is 4.42. The summed E-state index contributed by atoms with van der Waals surface area (Å²) < 4.78 is 46.7. The van der Waals surface area contributed by atoms with Crippen molar-refractivity contribution in [2.75, 3.05) is 13.2 Å². The average Bonchev–Trinajstić information content (AvgIpc) is 3.55. The van der Waals surface area contributed by atoms with Gasteiger partial charge >= 0.3 is 0 Å². The molecule has 0 bridgehead atoms. The number of aliphatic hydroxyl groups is 2. The molecule has 6 rings (SSSR count). The summed E-state index contributed by atoms with van der Waals surface area (Å²) in [4.78, 5) is 11.2. The second kappa shape index (κ2) is 10.2. The van der Waals surface area contributed by atoms with Crippen molar-refractivity contribution in [3.05, 3.63) is 72.1 Å². The number of ether oxygens (including phenoxy) is 2. The van der Waals surface area contributed by atoms with Crippen LogP contribution in [0, 0.1) is 18.6 Å². The Bertz CT molecular complexity index is 1620. The van der Waals surface area contributed by atoms with Crippen molar-refractivity contribution in [3.63, 3.8) is 0 Å². The van der Waals surface area contributed by atoms with E-state index in [0.29, 0.717) is 17.3 Å². The van der Waals surface area contributed by atoms with Gasteiger partial charge in [-0.15, -0.1) is 0 Å².